The molecule has 0 aliphatic rings. The molecule has 0 fully saturated rings. The molecule has 0 rings (SSSR count). The largest absolute Gasteiger partial charge is 0.383 e. The predicted octanol–water partition coefficient (Wildman–Crippen LogP) is 0.914. The Morgan fingerprint density at radius 2 is 1.87 bits per heavy atom. The van der Waals surface area contributed by atoms with Gasteiger partial charge in [0, 0.05) is 19.2 Å². The summed E-state index contributed by atoms with van der Waals surface area (Å²) >= 11 is 0. The van der Waals surface area contributed by atoms with E-state index < -0.39 is 0 Å². The summed E-state index contributed by atoms with van der Waals surface area (Å²) in [7, 11) is 1.65. The summed E-state index contributed by atoms with van der Waals surface area (Å²) in [5, 5.41) is 6.11. The number of nitrogens with one attached hydrogen (secondary N) is 2. The number of rotatable bonds is 7. The molecular weight excluding hydrogens is 192 g/mol. The van der Waals surface area contributed by atoms with Gasteiger partial charge in [-0.25, -0.2) is 0 Å². The Morgan fingerprint density at radius 3 is 2.33 bits per heavy atom. The molecule has 90 valence electrons. The summed E-state index contributed by atoms with van der Waals surface area (Å²) in [5.41, 5.74) is 0. The van der Waals surface area contributed by atoms with E-state index in [0.29, 0.717) is 6.61 Å². The van der Waals surface area contributed by atoms with Gasteiger partial charge < -0.3 is 15.4 Å². The van der Waals surface area contributed by atoms with E-state index in [2.05, 4.69) is 17.6 Å². The van der Waals surface area contributed by atoms with Gasteiger partial charge in [0.25, 0.3) is 0 Å². The van der Waals surface area contributed by atoms with E-state index in [-0.39, 0.29) is 24.0 Å². The van der Waals surface area contributed by atoms with E-state index in [4.69, 9.17) is 4.74 Å². The lowest BCUT2D eigenvalue weighted by molar-refractivity contribution is -0.123. The van der Waals surface area contributed by atoms with Crippen LogP contribution in [-0.2, 0) is 9.53 Å². The van der Waals surface area contributed by atoms with Gasteiger partial charge in [0.15, 0.2) is 0 Å². The first-order valence-corrected chi connectivity index (χ1v) is 5.56. The van der Waals surface area contributed by atoms with Gasteiger partial charge in [-0.15, -0.1) is 0 Å². The van der Waals surface area contributed by atoms with Crippen molar-refractivity contribution in [1.82, 2.24) is 10.6 Å². The predicted molar refractivity (Wildman–Crippen MR) is 61.8 cm³/mol. The molecule has 2 N–H and O–H groups in total. The van der Waals surface area contributed by atoms with Crippen molar-refractivity contribution in [2.75, 3.05) is 13.7 Å². The van der Waals surface area contributed by atoms with Gasteiger partial charge in [0.1, 0.15) is 0 Å². The highest BCUT2D eigenvalue weighted by molar-refractivity contribution is 5.81. The Hall–Kier alpha value is -0.610. The molecule has 3 atom stereocenters. The van der Waals surface area contributed by atoms with E-state index in [1.807, 2.05) is 20.8 Å². The topological polar surface area (TPSA) is 50.4 Å². The fourth-order valence-electron chi connectivity index (χ4n) is 1.27. The van der Waals surface area contributed by atoms with Crippen LogP contribution in [0.3, 0.4) is 0 Å². The van der Waals surface area contributed by atoms with Crippen molar-refractivity contribution < 1.29 is 9.53 Å². The van der Waals surface area contributed by atoms with Crippen LogP contribution in [0.2, 0.25) is 0 Å². The number of amides is 1. The van der Waals surface area contributed by atoms with Crippen molar-refractivity contribution in [1.29, 1.82) is 0 Å². The van der Waals surface area contributed by atoms with Crippen molar-refractivity contribution in [2.45, 2.75) is 52.2 Å². The lowest BCUT2D eigenvalue weighted by Gasteiger charge is -2.20. The van der Waals surface area contributed by atoms with Crippen LogP contribution in [-0.4, -0.2) is 37.7 Å². The number of carbonyl (C=O) groups excluding carboxylic acids is 1. The zero-order valence-electron chi connectivity index (χ0n) is 10.5. The Balaban J connectivity index is 3.87. The third-order valence-corrected chi connectivity index (χ3v) is 2.35. The number of hydrogen-bond acceptors (Lipinski definition) is 3. The van der Waals surface area contributed by atoms with Crippen LogP contribution in [0.15, 0.2) is 0 Å². The monoisotopic (exact) mass is 216 g/mol. The van der Waals surface area contributed by atoms with Crippen LogP contribution < -0.4 is 10.6 Å². The SMILES string of the molecule is CCC(C)NC(=O)C(C)NC(C)COC. The van der Waals surface area contributed by atoms with E-state index in [0.717, 1.165) is 6.42 Å². The molecule has 15 heavy (non-hydrogen) atoms. The van der Waals surface area contributed by atoms with E-state index >= 15 is 0 Å². The molecule has 3 unspecified atom stereocenters. The lowest BCUT2D eigenvalue weighted by Crippen LogP contribution is -2.48. The van der Waals surface area contributed by atoms with Crippen molar-refractivity contribution in [3.05, 3.63) is 0 Å². The standard InChI is InChI=1S/C11H24N2O2/c1-6-8(2)13-11(14)10(4)12-9(3)7-15-5/h8-10,12H,6-7H2,1-5H3,(H,13,14). The summed E-state index contributed by atoms with van der Waals surface area (Å²) in [6.07, 6.45) is 0.950. The smallest absolute Gasteiger partial charge is 0.237 e. The number of hydrogen-bond donors (Lipinski definition) is 2. The fourth-order valence-corrected chi connectivity index (χ4v) is 1.27. The summed E-state index contributed by atoms with van der Waals surface area (Å²) in [6, 6.07) is 0.247. The molecule has 0 aliphatic heterocycles. The maximum atomic E-state index is 11.6. The Bertz CT molecular complexity index is 185. The normalized spacial score (nSPS) is 16.9. The van der Waals surface area contributed by atoms with E-state index in [1.54, 1.807) is 7.11 Å². The third kappa shape index (κ3) is 6.47. The number of ether oxygens (including phenoxy) is 1. The van der Waals surface area contributed by atoms with Crippen LogP contribution >= 0.6 is 0 Å². The second-order valence-corrected chi connectivity index (χ2v) is 4.06. The third-order valence-electron chi connectivity index (χ3n) is 2.35. The summed E-state index contributed by atoms with van der Waals surface area (Å²) in [6.45, 7) is 8.53. The minimum absolute atomic E-state index is 0.0484. The van der Waals surface area contributed by atoms with Gasteiger partial charge in [-0.3, -0.25) is 4.79 Å². The quantitative estimate of drug-likeness (QED) is 0.665. The molecule has 0 radical (unpaired) electrons. The molecule has 0 saturated heterocycles. The molecule has 0 saturated carbocycles. The van der Waals surface area contributed by atoms with Crippen LogP contribution in [0.25, 0.3) is 0 Å². The Labute approximate surface area is 92.8 Å². The summed E-state index contributed by atoms with van der Waals surface area (Å²) in [4.78, 5) is 11.6. The molecular formula is C11H24N2O2. The first-order chi connectivity index (χ1) is 7.01. The molecule has 4 heteroatoms. The molecule has 0 aliphatic carbocycles. The zero-order chi connectivity index (χ0) is 11.8. The highest BCUT2D eigenvalue weighted by Gasteiger charge is 2.16. The fraction of sp³-hybridized carbons (Fsp3) is 0.909. The average Bonchev–Trinajstić information content (AvgIpc) is 2.17. The summed E-state index contributed by atoms with van der Waals surface area (Å²) in [5.74, 6) is 0.0484. The van der Waals surface area contributed by atoms with Crippen LogP contribution in [0, 0.1) is 0 Å². The molecule has 0 heterocycles. The first-order valence-electron chi connectivity index (χ1n) is 5.56. The zero-order valence-corrected chi connectivity index (χ0v) is 10.5. The lowest BCUT2D eigenvalue weighted by atomic mass is 10.2. The Kier molecular flexibility index (Phi) is 7.34. The minimum atomic E-state index is -0.177. The van der Waals surface area contributed by atoms with E-state index in [1.165, 1.54) is 0 Å². The second-order valence-electron chi connectivity index (χ2n) is 4.06. The van der Waals surface area contributed by atoms with Crippen molar-refractivity contribution in [3.63, 3.8) is 0 Å². The average molecular weight is 216 g/mol. The summed E-state index contributed by atoms with van der Waals surface area (Å²) < 4.78 is 4.99. The van der Waals surface area contributed by atoms with Crippen LogP contribution in [0.1, 0.15) is 34.1 Å². The molecule has 0 aromatic heterocycles. The first kappa shape index (κ1) is 14.4. The molecule has 4 nitrogen and oxygen atoms in total. The van der Waals surface area contributed by atoms with Gasteiger partial charge in [0.2, 0.25) is 5.91 Å². The maximum absolute atomic E-state index is 11.6. The van der Waals surface area contributed by atoms with Gasteiger partial charge >= 0.3 is 0 Å². The van der Waals surface area contributed by atoms with Gasteiger partial charge in [0.05, 0.1) is 12.6 Å². The number of methoxy groups -OCH3 is 1. The second kappa shape index (κ2) is 7.65. The molecule has 0 spiro atoms. The van der Waals surface area contributed by atoms with Crippen LogP contribution in [0.4, 0.5) is 0 Å². The highest BCUT2D eigenvalue weighted by atomic mass is 16.5. The van der Waals surface area contributed by atoms with Crippen molar-refractivity contribution >= 4 is 5.91 Å². The number of carbonyl (C=O) groups is 1. The van der Waals surface area contributed by atoms with Gasteiger partial charge in [-0.1, -0.05) is 6.92 Å². The molecule has 0 bridgehead atoms. The van der Waals surface area contributed by atoms with E-state index in [9.17, 15) is 4.79 Å². The maximum Gasteiger partial charge on any atom is 0.237 e. The van der Waals surface area contributed by atoms with Crippen LogP contribution in [0.5, 0.6) is 0 Å². The molecule has 0 aromatic rings. The van der Waals surface area contributed by atoms with Crippen molar-refractivity contribution in [3.8, 4) is 0 Å². The highest BCUT2D eigenvalue weighted by Crippen LogP contribution is 1.92. The minimum Gasteiger partial charge on any atom is -0.383 e. The molecule has 0 aromatic carbocycles. The van der Waals surface area contributed by atoms with Gasteiger partial charge in [-0.2, -0.15) is 0 Å². The van der Waals surface area contributed by atoms with Gasteiger partial charge in [-0.05, 0) is 27.2 Å². The Morgan fingerprint density at radius 1 is 1.27 bits per heavy atom. The molecule has 1 amide bonds. The van der Waals surface area contributed by atoms with Crippen molar-refractivity contribution in [2.24, 2.45) is 0 Å².